The lowest BCUT2D eigenvalue weighted by atomic mass is 10.1. The number of halogens is 3. The summed E-state index contributed by atoms with van der Waals surface area (Å²) < 4.78 is 69.1. The third-order valence-corrected chi connectivity index (χ3v) is 3.45. The van der Waals surface area contributed by atoms with E-state index >= 15 is 0 Å². The molecule has 1 rings (SSSR count). The highest BCUT2D eigenvalue weighted by atomic mass is 32.2. The van der Waals surface area contributed by atoms with Crippen LogP contribution in [0.4, 0.5) is 18.9 Å². The van der Waals surface area contributed by atoms with E-state index in [1.165, 1.54) is 4.72 Å². The second kappa shape index (κ2) is 6.22. The Morgan fingerprint density at radius 3 is 1.73 bits per heavy atom. The third-order valence-electron chi connectivity index (χ3n) is 2.33. The summed E-state index contributed by atoms with van der Waals surface area (Å²) in [5.74, 6) is -1.95. The van der Waals surface area contributed by atoms with Crippen LogP contribution >= 0.6 is 0 Å². The number of carbonyl (C=O) groups is 2. The summed E-state index contributed by atoms with van der Waals surface area (Å²) in [4.78, 5) is 22.8. The number of benzene rings is 1. The first-order valence-corrected chi connectivity index (χ1v) is 6.91. The van der Waals surface area contributed by atoms with Crippen LogP contribution < -0.4 is 4.72 Å². The van der Waals surface area contributed by atoms with Crippen molar-refractivity contribution in [2.45, 2.75) is 5.51 Å². The minimum Gasteiger partial charge on any atom is -0.465 e. The number of hydrogen-bond donors (Lipinski definition) is 1. The van der Waals surface area contributed by atoms with Crippen molar-refractivity contribution in [1.82, 2.24) is 0 Å². The number of ether oxygens (including phenoxy) is 2. The van der Waals surface area contributed by atoms with Crippen molar-refractivity contribution in [3.63, 3.8) is 0 Å². The zero-order chi connectivity index (χ0) is 17.1. The Hall–Kier alpha value is -2.30. The molecule has 22 heavy (non-hydrogen) atoms. The number of sulfonamides is 1. The molecule has 11 heteroatoms. The van der Waals surface area contributed by atoms with E-state index in [9.17, 15) is 31.2 Å². The monoisotopic (exact) mass is 341 g/mol. The molecule has 0 amide bonds. The van der Waals surface area contributed by atoms with Gasteiger partial charge in [-0.15, -0.1) is 0 Å². The third kappa shape index (κ3) is 3.87. The van der Waals surface area contributed by atoms with Gasteiger partial charge in [-0.25, -0.2) is 9.59 Å². The van der Waals surface area contributed by atoms with Gasteiger partial charge in [-0.05, 0) is 18.2 Å². The Morgan fingerprint density at radius 1 is 1.00 bits per heavy atom. The van der Waals surface area contributed by atoms with Crippen molar-refractivity contribution in [3.05, 3.63) is 29.3 Å². The first-order valence-electron chi connectivity index (χ1n) is 5.42. The Morgan fingerprint density at radius 2 is 1.41 bits per heavy atom. The SMILES string of the molecule is COC(=O)c1cc(NS(=O)(=O)C(F)(F)F)cc(C(=O)OC)c1. The molecule has 0 aliphatic rings. The van der Waals surface area contributed by atoms with Crippen LogP contribution in [0.25, 0.3) is 0 Å². The number of carbonyl (C=O) groups excluding carboxylic acids is 2. The molecule has 0 spiro atoms. The second-order valence-corrected chi connectivity index (χ2v) is 5.51. The average Bonchev–Trinajstić information content (AvgIpc) is 2.43. The molecule has 0 saturated carbocycles. The molecule has 122 valence electrons. The fraction of sp³-hybridized carbons (Fsp3) is 0.273. The molecule has 1 aromatic carbocycles. The number of anilines is 1. The van der Waals surface area contributed by atoms with Gasteiger partial charge in [-0.1, -0.05) is 0 Å². The van der Waals surface area contributed by atoms with Gasteiger partial charge < -0.3 is 9.47 Å². The summed E-state index contributed by atoms with van der Waals surface area (Å²) in [7, 11) is -3.69. The molecule has 0 aromatic heterocycles. The van der Waals surface area contributed by atoms with Crippen LogP contribution in [0.1, 0.15) is 20.7 Å². The van der Waals surface area contributed by atoms with Gasteiger partial charge >= 0.3 is 27.5 Å². The highest BCUT2D eigenvalue weighted by molar-refractivity contribution is 7.93. The summed E-state index contributed by atoms with van der Waals surface area (Å²) >= 11 is 0. The first kappa shape index (κ1) is 17.8. The van der Waals surface area contributed by atoms with E-state index in [0.29, 0.717) is 0 Å². The van der Waals surface area contributed by atoms with Crippen LogP contribution in [0, 0.1) is 0 Å². The summed E-state index contributed by atoms with van der Waals surface area (Å²) in [5.41, 5.74) is -6.85. The van der Waals surface area contributed by atoms with Crippen LogP contribution in [0.3, 0.4) is 0 Å². The molecule has 0 heterocycles. The van der Waals surface area contributed by atoms with Crippen molar-refractivity contribution in [1.29, 1.82) is 0 Å². The van der Waals surface area contributed by atoms with Crippen molar-refractivity contribution in [2.75, 3.05) is 18.9 Å². The Kier molecular flexibility index (Phi) is 5.02. The van der Waals surface area contributed by atoms with E-state index in [4.69, 9.17) is 0 Å². The normalized spacial score (nSPS) is 11.7. The summed E-state index contributed by atoms with van der Waals surface area (Å²) in [6, 6.07) is 2.58. The molecule has 0 radical (unpaired) electrons. The van der Waals surface area contributed by atoms with Crippen LogP contribution in [-0.4, -0.2) is 40.1 Å². The van der Waals surface area contributed by atoms with Gasteiger partial charge in [0.2, 0.25) is 0 Å². The van der Waals surface area contributed by atoms with Gasteiger partial charge in [-0.2, -0.15) is 21.6 Å². The minimum atomic E-state index is -5.70. The van der Waals surface area contributed by atoms with Gasteiger partial charge in [-0.3, -0.25) is 4.72 Å². The van der Waals surface area contributed by atoms with Crippen molar-refractivity contribution in [3.8, 4) is 0 Å². The van der Waals surface area contributed by atoms with Crippen molar-refractivity contribution in [2.24, 2.45) is 0 Å². The molecular weight excluding hydrogens is 331 g/mol. The molecule has 0 atom stereocenters. The number of hydrogen-bond acceptors (Lipinski definition) is 6. The van der Waals surface area contributed by atoms with Crippen molar-refractivity contribution >= 4 is 27.6 Å². The zero-order valence-corrected chi connectivity index (χ0v) is 12.0. The number of nitrogens with one attached hydrogen (secondary N) is 1. The smallest absolute Gasteiger partial charge is 0.465 e. The molecule has 7 nitrogen and oxygen atoms in total. The number of esters is 2. The predicted molar refractivity (Wildman–Crippen MR) is 67.7 cm³/mol. The van der Waals surface area contributed by atoms with E-state index in [0.717, 1.165) is 32.4 Å². The fourth-order valence-corrected chi connectivity index (χ4v) is 1.91. The highest BCUT2D eigenvalue weighted by Crippen LogP contribution is 2.26. The van der Waals surface area contributed by atoms with Gasteiger partial charge in [0.1, 0.15) is 0 Å². The molecule has 1 N–H and O–H groups in total. The van der Waals surface area contributed by atoms with Crippen LogP contribution in [0.2, 0.25) is 0 Å². The molecule has 0 aliphatic carbocycles. The van der Waals surface area contributed by atoms with Crippen LogP contribution in [0.15, 0.2) is 18.2 Å². The quantitative estimate of drug-likeness (QED) is 0.834. The Balaban J connectivity index is 3.36. The Labute approximate surface area is 123 Å². The Bertz CT molecular complexity index is 664. The lowest BCUT2D eigenvalue weighted by Gasteiger charge is -2.12. The standard InChI is InChI=1S/C11H10F3NO6S/c1-20-9(16)6-3-7(10(17)21-2)5-8(4-6)15-22(18,19)11(12,13)14/h3-5,15H,1-2H3. The maximum Gasteiger partial charge on any atom is 0.516 e. The summed E-state index contributed by atoms with van der Waals surface area (Å²) in [6.07, 6.45) is 0. The number of alkyl halides is 3. The van der Waals surface area contributed by atoms with Gasteiger partial charge in [0.15, 0.2) is 0 Å². The highest BCUT2D eigenvalue weighted by Gasteiger charge is 2.46. The topological polar surface area (TPSA) is 98.8 Å². The van der Waals surface area contributed by atoms with Gasteiger partial charge in [0.25, 0.3) is 0 Å². The predicted octanol–water partition coefficient (Wildman–Crippen LogP) is 1.52. The van der Waals surface area contributed by atoms with E-state index in [1.54, 1.807) is 0 Å². The van der Waals surface area contributed by atoms with Crippen LogP contribution in [0.5, 0.6) is 0 Å². The largest absolute Gasteiger partial charge is 0.516 e. The molecule has 0 saturated heterocycles. The van der Waals surface area contributed by atoms with Gasteiger partial charge in [0, 0.05) is 0 Å². The minimum absolute atomic E-state index is 0.328. The lowest BCUT2D eigenvalue weighted by Crippen LogP contribution is -2.30. The number of rotatable bonds is 4. The lowest BCUT2D eigenvalue weighted by molar-refractivity contribution is -0.0429. The first-order chi connectivity index (χ1) is 10.0. The molecule has 0 aliphatic heterocycles. The van der Waals surface area contributed by atoms with Crippen LogP contribution in [-0.2, 0) is 19.5 Å². The van der Waals surface area contributed by atoms with E-state index in [2.05, 4.69) is 9.47 Å². The zero-order valence-electron chi connectivity index (χ0n) is 11.2. The van der Waals surface area contributed by atoms with E-state index in [-0.39, 0.29) is 11.1 Å². The van der Waals surface area contributed by atoms with Crippen molar-refractivity contribution < 1.29 is 40.7 Å². The van der Waals surface area contributed by atoms with E-state index < -0.39 is 33.2 Å². The molecule has 0 fully saturated rings. The fourth-order valence-electron chi connectivity index (χ4n) is 1.37. The number of methoxy groups -OCH3 is 2. The maximum absolute atomic E-state index is 12.3. The second-order valence-electron chi connectivity index (χ2n) is 3.83. The van der Waals surface area contributed by atoms with E-state index in [1.807, 2.05) is 0 Å². The maximum atomic E-state index is 12.3. The summed E-state index contributed by atoms with van der Waals surface area (Å²) in [6.45, 7) is 0. The average molecular weight is 341 g/mol. The molecular formula is C11H10F3NO6S. The summed E-state index contributed by atoms with van der Waals surface area (Å²) in [5, 5.41) is 0. The molecule has 0 unspecified atom stereocenters. The molecule has 0 bridgehead atoms. The molecule has 1 aromatic rings. The van der Waals surface area contributed by atoms with Gasteiger partial charge in [0.05, 0.1) is 31.0 Å².